The first kappa shape index (κ1) is 11.5. The third-order valence-electron chi connectivity index (χ3n) is 2.23. The van der Waals surface area contributed by atoms with Crippen molar-refractivity contribution in [3.63, 3.8) is 0 Å². The first-order valence-electron chi connectivity index (χ1n) is 5.27. The second-order valence-corrected chi connectivity index (χ2v) is 3.44. The van der Waals surface area contributed by atoms with Crippen LogP contribution in [0.5, 0.6) is 0 Å². The van der Waals surface area contributed by atoms with Crippen LogP contribution in [0, 0.1) is 12.3 Å². The van der Waals surface area contributed by atoms with Gasteiger partial charge in [-0.2, -0.15) is 0 Å². The molecular weight excluding hydrogens is 178 g/mol. The van der Waals surface area contributed by atoms with Crippen LogP contribution in [0.3, 0.4) is 0 Å². The van der Waals surface area contributed by atoms with E-state index in [0.29, 0.717) is 19.3 Å². The summed E-state index contributed by atoms with van der Waals surface area (Å²) in [7, 11) is 0. The SMILES string of the molecule is C#CCNCCOCC1CCCCO1. The molecule has 0 aromatic rings. The van der Waals surface area contributed by atoms with Gasteiger partial charge in [0.25, 0.3) is 0 Å². The van der Waals surface area contributed by atoms with Crippen molar-refractivity contribution in [2.45, 2.75) is 25.4 Å². The lowest BCUT2D eigenvalue weighted by Gasteiger charge is -2.22. The normalized spacial score (nSPS) is 21.8. The average molecular weight is 197 g/mol. The van der Waals surface area contributed by atoms with Crippen molar-refractivity contribution in [3.05, 3.63) is 0 Å². The Kier molecular flexibility index (Phi) is 6.42. The van der Waals surface area contributed by atoms with Crippen LogP contribution in [0.4, 0.5) is 0 Å². The Morgan fingerprint density at radius 3 is 3.14 bits per heavy atom. The summed E-state index contributed by atoms with van der Waals surface area (Å²) in [6.45, 7) is 3.75. The summed E-state index contributed by atoms with van der Waals surface area (Å²) in [4.78, 5) is 0. The summed E-state index contributed by atoms with van der Waals surface area (Å²) in [6.07, 6.45) is 9.00. The molecule has 0 aromatic carbocycles. The van der Waals surface area contributed by atoms with Gasteiger partial charge in [0.1, 0.15) is 0 Å². The largest absolute Gasteiger partial charge is 0.377 e. The molecule has 1 heterocycles. The van der Waals surface area contributed by atoms with E-state index in [9.17, 15) is 0 Å². The van der Waals surface area contributed by atoms with Crippen molar-refractivity contribution in [2.24, 2.45) is 0 Å². The third kappa shape index (κ3) is 5.23. The lowest BCUT2D eigenvalue weighted by molar-refractivity contribution is -0.0397. The summed E-state index contributed by atoms with van der Waals surface area (Å²) in [6, 6.07) is 0. The predicted molar refractivity (Wildman–Crippen MR) is 56.1 cm³/mol. The molecule has 3 nitrogen and oxygen atoms in total. The van der Waals surface area contributed by atoms with E-state index in [-0.39, 0.29) is 0 Å². The van der Waals surface area contributed by atoms with Gasteiger partial charge in [-0.05, 0) is 19.3 Å². The lowest BCUT2D eigenvalue weighted by atomic mass is 10.1. The fourth-order valence-electron chi connectivity index (χ4n) is 1.46. The van der Waals surface area contributed by atoms with E-state index in [4.69, 9.17) is 15.9 Å². The maximum Gasteiger partial charge on any atom is 0.0808 e. The van der Waals surface area contributed by atoms with Crippen LogP contribution < -0.4 is 5.32 Å². The van der Waals surface area contributed by atoms with E-state index in [1.165, 1.54) is 12.8 Å². The summed E-state index contributed by atoms with van der Waals surface area (Å²) in [5.41, 5.74) is 0. The molecule has 0 aliphatic carbocycles. The van der Waals surface area contributed by atoms with E-state index in [1.807, 2.05) is 0 Å². The van der Waals surface area contributed by atoms with Crippen LogP contribution in [0.25, 0.3) is 0 Å². The van der Waals surface area contributed by atoms with Gasteiger partial charge in [0.05, 0.1) is 25.9 Å². The molecule has 0 bridgehead atoms. The topological polar surface area (TPSA) is 30.5 Å². The van der Waals surface area contributed by atoms with Crippen LogP contribution >= 0.6 is 0 Å². The molecule has 1 fully saturated rings. The van der Waals surface area contributed by atoms with Gasteiger partial charge in [-0.25, -0.2) is 0 Å². The second kappa shape index (κ2) is 7.81. The van der Waals surface area contributed by atoms with Crippen molar-refractivity contribution < 1.29 is 9.47 Å². The Bertz CT molecular complexity index is 171. The summed E-state index contributed by atoms with van der Waals surface area (Å²) in [5.74, 6) is 2.52. The Hall–Kier alpha value is -0.560. The highest BCUT2D eigenvalue weighted by molar-refractivity contribution is 4.86. The molecule has 1 atom stereocenters. The molecule has 1 rings (SSSR count). The molecule has 1 aliphatic heterocycles. The zero-order chi connectivity index (χ0) is 10.1. The van der Waals surface area contributed by atoms with Gasteiger partial charge in [0.15, 0.2) is 0 Å². The number of hydrogen-bond donors (Lipinski definition) is 1. The van der Waals surface area contributed by atoms with Crippen molar-refractivity contribution in [1.82, 2.24) is 5.32 Å². The molecule has 1 unspecified atom stereocenters. The quantitative estimate of drug-likeness (QED) is 0.504. The van der Waals surface area contributed by atoms with Crippen LogP contribution in [0.1, 0.15) is 19.3 Å². The van der Waals surface area contributed by atoms with Gasteiger partial charge in [-0.15, -0.1) is 6.42 Å². The van der Waals surface area contributed by atoms with Crippen LogP contribution in [-0.4, -0.2) is 39.0 Å². The average Bonchev–Trinajstić information content (AvgIpc) is 2.25. The van der Waals surface area contributed by atoms with E-state index in [1.54, 1.807) is 0 Å². The van der Waals surface area contributed by atoms with Crippen molar-refractivity contribution in [3.8, 4) is 12.3 Å². The van der Waals surface area contributed by atoms with Gasteiger partial charge < -0.3 is 14.8 Å². The molecule has 3 heteroatoms. The minimum absolute atomic E-state index is 0.316. The van der Waals surface area contributed by atoms with Gasteiger partial charge in [0.2, 0.25) is 0 Å². The van der Waals surface area contributed by atoms with Gasteiger partial charge in [0, 0.05) is 13.2 Å². The molecule has 0 spiro atoms. The summed E-state index contributed by atoms with van der Waals surface area (Å²) in [5, 5.41) is 3.07. The molecule has 0 radical (unpaired) electrons. The van der Waals surface area contributed by atoms with Crippen molar-refractivity contribution in [2.75, 3.05) is 32.9 Å². The zero-order valence-corrected chi connectivity index (χ0v) is 8.63. The molecule has 0 saturated carbocycles. The molecule has 0 aromatic heterocycles. The fraction of sp³-hybridized carbons (Fsp3) is 0.818. The van der Waals surface area contributed by atoms with Crippen molar-refractivity contribution in [1.29, 1.82) is 0 Å². The number of hydrogen-bond acceptors (Lipinski definition) is 3. The van der Waals surface area contributed by atoms with Crippen LogP contribution in [-0.2, 0) is 9.47 Å². The first-order valence-corrected chi connectivity index (χ1v) is 5.27. The highest BCUT2D eigenvalue weighted by atomic mass is 16.5. The molecule has 80 valence electrons. The minimum atomic E-state index is 0.316. The number of rotatable bonds is 6. The van der Waals surface area contributed by atoms with Crippen LogP contribution in [0.2, 0.25) is 0 Å². The Morgan fingerprint density at radius 2 is 2.43 bits per heavy atom. The highest BCUT2D eigenvalue weighted by Crippen LogP contribution is 2.12. The molecule has 0 amide bonds. The lowest BCUT2D eigenvalue weighted by Crippen LogP contribution is -2.27. The number of ether oxygens (including phenoxy) is 2. The number of terminal acetylenes is 1. The maximum atomic E-state index is 5.53. The molecule has 1 N–H and O–H groups in total. The summed E-state index contributed by atoms with van der Waals surface area (Å²) >= 11 is 0. The van der Waals surface area contributed by atoms with E-state index in [2.05, 4.69) is 11.2 Å². The van der Waals surface area contributed by atoms with Gasteiger partial charge in [-0.3, -0.25) is 0 Å². The van der Waals surface area contributed by atoms with Crippen LogP contribution in [0.15, 0.2) is 0 Å². The monoisotopic (exact) mass is 197 g/mol. The Labute approximate surface area is 86.2 Å². The summed E-state index contributed by atoms with van der Waals surface area (Å²) < 4.78 is 11.0. The molecule has 1 saturated heterocycles. The van der Waals surface area contributed by atoms with Gasteiger partial charge in [-0.1, -0.05) is 5.92 Å². The second-order valence-electron chi connectivity index (χ2n) is 3.44. The third-order valence-corrected chi connectivity index (χ3v) is 2.23. The zero-order valence-electron chi connectivity index (χ0n) is 8.63. The van der Waals surface area contributed by atoms with E-state index in [0.717, 1.165) is 26.2 Å². The Balaban J connectivity index is 1.85. The highest BCUT2D eigenvalue weighted by Gasteiger charge is 2.13. The predicted octanol–water partition coefficient (Wildman–Crippen LogP) is 0.795. The van der Waals surface area contributed by atoms with E-state index < -0.39 is 0 Å². The smallest absolute Gasteiger partial charge is 0.0808 e. The number of nitrogens with one attached hydrogen (secondary N) is 1. The Morgan fingerprint density at radius 1 is 1.50 bits per heavy atom. The van der Waals surface area contributed by atoms with E-state index >= 15 is 0 Å². The minimum Gasteiger partial charge on any atom is -0.377 e. The molecule has 14 heavy (non-hydrogen) atoms. The first-order chi connectivity index (χ1) is 6.93. The standard InChI is InChI=1S/C11H19NO2/c1-2-6-12-7-9-13-10-11-5-3-4-8-14-11/h1,11-12H,3-10H2. The molecular formula is C11H19NO2. The fourth-order valence-corrected chi connectivity index (χ4v) is 1.46. The van der Waals surface area contributed by atoms with Crippen molar-refractivity contribution >= 4 is 0 Å². The maximum absolute atomic E-state index is 5.53. The van der Waals surface area contributed by atoms with Gasteiger partial charge >= 0.3 is 0 Å². The molecule has 1 aliphatic rings.